The van der Waals surface area contributed by atoms with Crippen LogP contribution in [0.15, 0.2) is 0 Å². The van der Waals surface area contributed by atoms with Crippen molar-refractivity contribution in [2.24, 2.45) is 11.8 Å². The Morgan fingerprint density at radius 2 is 1.92 bits per heavy atom. The third-order valence-corrected chi connectivity index (χ3v) is 3.00. The molecule has 1 heteroatoms. The van der Waals surface area contributed by atoms with E-state index in [1.807, 2.05) is 0 Å². The fraction of sp³-hybridized carbons (Fsp3) is 0.909. The van der Waals surface area contributed by atoms with Crippen LogP contribution in [0.5, 0.6) is 0 Å². The van der Waals surface area contributed by atoms with Gasteiger partial charge >= 0.3 is 0 Å². The number of hydrogen-bond acceptors (Lipinski definition) is 1. The summed E-state index contributed by atoms with van der Waals surface area (Å²) in [6, 6.07) is 0. The number of carbonyl (C=O) groups excluding carboxylic acids is 1. The van der Waals surface area contributed by atoms with Gasteiger partial charge in [-0.15, -0.1) is 0 Å². The molecule has 0 aromatic heterocycles. The number of Topliss-reactive ketones (excluding diaryl/α,β-unsaturated/α-hetero) is 1. The van der Waals surface area contributed by atoms with Crippen LogP contribution in [0.1, 0.15) is 52.4 Å². The van der Waals surface area contributed by atoms with E-state index in [-0.39, 0.29) is 0 Å². The molecule has 0 aromatic rings. The van der Waals surface area contributed by atoms with E-state index in [0.717, 1.165) is 31.6 Å². The fourth-order valence-corrected chi connectivity index (χ4v) is 2.40. The molecule has 0 radical (unpaired) electrons. The summed E-state index contributed by atoms with van der Waals surface area (Å²) in [6.07, 6.45) is 6.81. The zero-order valence-electron chi connectivity index (χ0n) is 8.31. The molecule has 0 aliphatic heterocycles. The van der Waals surface area contributed by atoms with E-state index in [1.165, 1.54) is 12.8 Å². The molecule has 1 aliphatic carbocycles. The summed E-state index contributed by atoms with van der Waals surface area (Å²) in [7, 11) is 0. The van der Waals surface area contributed by atoms with Crippen molar-refractivity contribution in [3.63, 3.8) is 0 Å². The molecule has 2 atom stereocenters. The second-order valence-corrected chi connectivity index (χ2v) is 3.95. The maximum absolute atomic E-state index is 11.4. The third kappa shape index (κ3) is 2.09. The highest BCUT2D eigenvalue weighted by atomic mass is 16.1. The van der Waals surface area contributed by atoms with E-state index in [4.69, 9.17) is 0 Å². The molecular weight excluding hydrogens is 148 g/mol. The Balaban J connectivity index is 2.45. The molecule has 0 spiro atoms. The molecule has 70 valence electrons. The van der Waals surface area contributed by atoms with Crippen LogP contribution in [0.4, 0.5) is 0 Å². The van der Waals surface area contributed by atoms with Crippen LogP contribution in [-0.2, 0) is 4.79 Å². The predicted molar refractivity (Wildman–Crippen MR) is 51.0 cm³/mol. The maximum atomic E-state index is 11.4. The Morgan fingerprint density at radius 3 is 2.50 bits per heavy atom. The molecule has 0 N–H and O–H groups in total. The molecule has 0 aromatic carbocycles. The van der Waals surface area contributed by atoms with E-state index in [1.54, 1.807) is 0 Å². The summed E-state index contributed by atoms with van der Waals surface area (Å²) >= 11 is 0. The Labute approximate surface area is 75.5 Å². The second-order valence-electron chi connectivity index (χ2n) is 3.95. The van der Waals surface area contributed by atoms with Crippen LogP contribution in [0.2, 0.25) is 0 Å². The zero-order valence-corrected chi connectivity index (χ0v) is 8.31. The third-order valence-electron chi connectivity index (χ3n) is 3.00. The van der Waals surface area contributed by atoms with Crippen LogP contribution in [0.25, 0.3) is 0 Å². The standard InChI is InChI=1S/C11H20O/c1-3-5-9-7-8-11(12)10(9)6-4-2/h9-10H,3-8H2,1-2H3. The molecule has 1 saturated carbocycles. The number of carbonyl (C=O) groups is 1. The first-order valence-electron chi connectivity index (χ1n) is 5.32. The van der Waals surface area contributed by atoms with Gasteiger partial charge in [0.15, 0.2) is 0 Å². The zero-order chi connectivity index (χ0) is 8.97. The Morgan fingerprint density at radius 1 is 1.25 bits per heavy atom. The summed E-state index contributed by atoms with van der Waals surface area (Å²) in [5.41, 5.74) is 0. The second kappa shape index (κ2) is 4.64. The highest BCUT2D eigenvalue weighted by Crippen LogP contribution is 2.34. The Bertz CT molecular complexity index is 151. The van der Waals surface area contributed by atoms with Crippen molar-refractivity contribution in [2.45, 2.75) is 52.4 Å². The van der Waals surface area contributed by atoms with Crippen molar-refractivity contribution in [3.8, 4) is 0 Å². The minimum atomic E-state index is 0.426. The predicted octanol–water partition coefficient (Wildman–Crippen LogP) is 3.18. The quantitative estimate of drug-likeness (QED) is 0.630. The highest BCUT2D eigenvalue weighted by Gasteiger charge is 2.32. The first-order valence-corrected chi connectivity index (χ1v) is 5.32. The summed E-state index contributed by atoms with van der Waals surface area (Å²) in [6.45, 7) is 4.39. The fourth-order valence-electron chi connectivity index (χ4n) is 2.40. The van der Waals surface area contributed by atoms with Crippen molar-refractivity contribution in [2.75, 3.05) is 0 Å². The van der Waals surface area contributed by atoms with E-state index >= 15 is 0 Å². The van der Waals surface area contributed by atoms with Gasteiger partial charge in [-0.05, 0) is 18.8 Å². The largest absolute Gasteiger partial charge is 0.299 e. The lowest BCUT2D eigenvalue weighted by atomic mass is 9.88. The van der Waals surface area contributed by atoms with Crippen LogP contribution in [0, 0.1) is 11.8 Å². The van der Waals surface area contributed by atoms with Crippen molar-refractivity contribution in [1.82, 2.24) is 0 Å². The monoisotopic (exact) mass is 168 g/mol. The van der Waals surface area contributed by atoms with Gasteiger partial charge in [-0.3, -0.25) is 4.79 Å². The van der Waals surface area contributed by atoms with Gasteiger partial charge in [-0.2, -0.15) is 0 Å². The number of hydrogen-bond donors (Lipinski definition) is 0. The van der Waals surface area contributed by atoms with Crippen molar-refractivity contribution in [3.05, 3.63) is 0 Å². The molecule has 1 aliphatic rings. The molecular formula is C11H20O. The topological polar surface area (TPSA) is 17.1 Å². The van der Waals surface area contributed by atoms with Crippen LogP contribution in [0.3, 0.4) is 0 Å². The normalized spacial score (nSPS) is 29.7. The summed E-state index contributed by atoms with van der Waals surface area (Å²) in [5.74, 6) is 1.69. The molecule has 0 amide bonds. The molecule has 1 fully saturated rings. The molecule has 0 bridgehead atoms. The van der Waals surface area contributed by atoms with E-state index in [0.29, 0.717) is 11.7 Å². The SMILES string of the molecule is CCCC1CCC(=O)C1CCC. The first-order chi connectivity index (χ1) is 5.79. The van der Waals surface area contributed by atoms with Gasteiger partial charge in [-0.25, -0.2) is 0 Å². The molecule has 2 unspecified atom stereocenters. The van der Waals surface area contributed by atoms with Crippen LogP contribution < -0.4 is 0 Å². The minimum absolute atomic E-state index is 0.426. The lowest BCUT2D eigenvalue weighted by molar-refractivity contribution is -0.121. The van der Waals surface area contributed by atoms with Gasteiger partial charge in [-0.1, -0.05) is 33.1 Å². The van der Waals surface area contributed by atoms with Crippen molar-refractivity contribution in [1.29, 1.82) is 0 Å². The molecule has 0 heterocycles. The smallest absolute Gasteiger partial charge is 0.136 e. The average Bonchev–Trinajstić information content (AvgIpc) is 2.37. The highest BCUT2D eigenvalue weighted by molar-refractivity contribution is 5.83. The Hall–Kier alpha value is -0.330. The van der Waals surface area contributed by atoms with Gasteiger partial charge in [0, 0.05) is 12.3 Å². The van der Waals surface area contributed by atoms with E-state index < -0.39 is 0 Å². The van der Waals surface area contributed by atoms with Crippen LogP contribution >= 0.6 is 0 Å². The van der Waals surface area contributed by atoms with Gasteiger partial charge in [0.1, 0.15) is 5.78 Å². The summed E-state index contributed by atoms with van der Waals surface area (Å²) in [5, 5.41) is 0. The van der Waals surface area contributed by atoms with Crippen molar-refractivity contribution >= 4 is 5.78 Å². The average molecular weight is 168 g/mol. The van der Waals surface area contributed by atoms with Gasteiger partial charge in [0.2, 0.25) is 0 Å². The van der Waals surface area contributed by atoms with Gasteiger partial charge < -0.3 is 0 Å². The molecule has 1 rings (SSSR count). The van der Waals surface area contributed by atoms with E-state index in [9.17, 15) is 4.79 Å². The first kappa shape index (κ1) is 9.76. The van der Waals surface area contributed by atoms with Crippen LogP contribution in [-0.4, -0.2) is 5.78 Å². The number of ketones is 1. The number of rotatable bonds is 4. The lowest BCUT2D eigenvalue weighted by Crippen LogP contribution is -2.14. The Kier molecular flexibility index (Phi) is 3.77. The lowest BCUT2D eigenvalue weighted by Gasteiger charge is -2.16. The maximum Gasteiger partial charge on any atom is 0.136 e. The summed E-state index contributed by atoms with van der Waals surface area (Å²) < 4.78 is 0. The van der Waals surface area contributed by atoms with Crippen molar-refractivity contribution < 1.29 is 4.79 Å². The van der Waals surface area contributed by atoms with Gasteiger partial charge in [0.25, 0.3) is 0 Å². The summed E-state index contributed by atoms with van der Waals surface area (Å²) in [4.78, 5) is 11.4. The minimum Gasteiger partial charge on any atom is -0.299 e. The molecule has 1 nitrogen and oxygen atoms in total. The molecule has 12 heavy (non-hydrogen) atoms. The van der Waals surface area contributed by atoms with Gasteiger partial charge in [0.05, 0.1) is 0 Å². The molecule has 0 saturated heterocycles. The van der Waals surface area contributed by atoms with E-state index in [2.05, 4.69) is 13.8 Å².